The van der Waals surface area contributed by atoms with E-state index in [1.54, 1.807) is 6.07 Å². The standard InChI is InChI=1S/C14H9Br2F3O/c1-20-7-5-10(18)12(11(19)6-7)14(16)8-3-2-4-9(17)13(8)15/h2-6,14H,1H3. The van der Waals surface area contributed by atoms with Gasteiger partial charge in [0.05, 0.1) is 16.4 Å². The second kappa shape index (κ2) is 6.18. The van der Waals surface area contributed by atoms with Crippen molar-refractivity contribution in [3.05, 3.63) is 63.4 Å². The molecule has 106 valence electrons. The molecule has 1 atom stereocenters. The minimum Gasteiger partial charge on any atom is -0.497 e. The van der Waals surface area contributed by atoms with Crippen LogP contribution in [0.15, 0.2) is 34.8 Å². The number of rotatable bonds is 3. The Morgan fingerprint density at radius 1 is 1.05 bits per heavy atom. The Morgan fingerprint density at radius 2 is 1.65 bits per heavy atom. The Hall–Kier alpha value is -1.01. The van der Waals surface area contributed by atoms with E-state index in [1.165, 1.54) is 19.2 Å². The van der Waals surface area contributed by atoms with E-state index in [9.17, 15) is 13.2 Å². The predicted octanol–water partition coefficient (Wildman–Crippen LogP) is 5.36. The quantitative estimate of drug-likeness (QED) is 0.620. The summed E-state index contributed by atoms with van der Waals surface area (Å²) >= 11 is 6.29. The molecule has 1 nitrogen and oxygen atoms in total. The zero-order chi connectivity index (χ0) is 14.9. The third-order valence-electron chi connectivity index (χ3n) is 2.80. The van der Waals surface area contributed by atoms with Crippen molar-refractivity contribution in [3.8, 4) is 5.75 Å². The molecule has 0 amide bonds. The minimum atomic E-state index is -0.821. The molecule has 0 saturated carbocycles. The van der Waals surface area contributed by atoms with Gasteiger partial charge in [-0.25, -0.2) is 13.2 Å². The van der Waals surface area contributed by atoms with Crippen LogP contribution in [-0.4, -0.2) is 7.11 Å². The van der Waals surface area contributed by atoms with E-state index in [2.05, 4.69) is 31.9 Å². The van der Waals surface area contributed by atoms with Crippen LogP contribution in [0.2, 0.25) is 0 Å². The van der Waals surface area contributed by atoms with Crippen molar-refractivity contribution >= 4 is 31.9 Å². The van der Waals surface area contributed by atoms with Crippen molar-refractivity contribution in [1.82, 2.24) is 0 Å². The normalized spacial score (nSPS) is 12.3. The Balaban J connectivity index is 2.54. The molecule has 20 heavy (non-hydrogen) atoms. The molecule has 0 fully saturated rings. The summed E-state index contributed by atoms with van der Waals surface area (Å²) in [5.74, 6) is -1.94. The van der Waals surface area contributed by atoms with Gasteiger partial charge in [0.2, 0.25) is 0 Å². The average molecular weight is 410 g/mol. The van der Waals surface area contributed by atoms with E-state index in [1.807, 2.05) is 0 Å². The van der Waals surface area contributed by atoms with E-state index in [4.69, 9.17) is 4.74 Å². The molecule has 1 unspecified atom stereocenters. The number of methoxy groups -OCH3 is 1. The lowest BCUT2D eigenvalue weighted by atomic mass is 10.0. The summed E-state index contributed by atoms with van der Waals surface area (Å²) < 4.78 is 46.5. The minimum absolute atomic E-state index is 0.0850. The highest BCUT2D eigenvalue weighted by molar-refractivity contribution is 9.11. The van der Waals surface area contributed by atoms with Crippen molar-refractivity contribution in [2.24, 2.45) is 0 Å². The van der Waals surface area contributed by atoms with Gasteiger partial charge in [-0.05, 0) is 27.6 Å². The van der Waals surface area contributed by atoms with Gasteiger partial charge < -0.3 is 4.74 Å². The van der Waals surface area contributed by atoms with Gasteiger partial charge in [0, 0.05) is 17.7 Å². The second-order valence-corrected chi connectivity index (χ2v) is 5.72. The Bertz CT molecular complexity index is 623. The van der Waals surface area contributed by atoms with Crippen LogP contribution in [0.1, 0.15) is 16.0 Å². The molecule has 0 heterocycles. The van der Waals surface area contributed by atoms with Crippen molar-refractivity contribution in [2.45, 2.75) is 4.83 Å². The van der Waals surface area contributed by atoms with E-state index >= 15 is 0 Å². The first kappa shape index (κ1) is 15.4. The molecular weight excluding hydrogens is 401 g/mol. The van der Waals surface area contributed by atoms with Crippen molar-refractivity contribution in [1.29, 1.82) is 0 Å². The van der Waals surface area contributed by atoms with Gasteiger partial charge in [0.1, 0.15) is 23.2 Å². The van der Waals surface area contributed by atoms with E-state index < -0.39 is 22.3 Å². The summed E-state index contributed by atoms with van der Waals surface area (Å²) in [6.07, 6.45) is 0. The average Bonchev–Trinajstić information content (AvgIpc) is 2.40. The molecule has 0 aliphatic heterocycles. The monoisotopic (exact) mass is 408 g/mol. The highest BCUT2D eigenvalue weighted by Gasteiger charge is 2.23. The first-order chi connectivity index (χ1) is 9.45. The molecule has 0 radical (unpaired) electrons. The fourth-order valence-corrected chi connectivity index (χ4v) is 3.41. The van der Waals surface area contributed by atoms with Gasteiger partial charge in [-0.15, -0.1) is 0 Å². The third-order valence-corrected chi connectivity index (χ3v) is 4.58. The first-order valence-corrected chi connectivity index (χ1v) is 7.27. The van der Waals surface area contributed by atoms with E-state index in [-0.39, 0.29) is 15.8 Å². The number of benzene rings is 2. The molecule has 2 aromatic carbocycles. The Morgan fingerprint density at radius 3 is 2.20 bits per heavy atom. The summed E-state index contributed by atoms with van der Waals surface area (Å²) in [6, 6.07) is 6.48. The molecule has 2 rings (SSSR count). The van der Waals surface area contributed by atoms with Gasteiger partial charge >= 0.3 is 0 Å². The fraction of sp³-hybridized carbons (Fsp3) is 0.143. The number of halogens is 5. The molecule has 0 N–H and O–H groups in total. The lowest BCUT2D eigenvalue weighted by Gasteiger charge is -2.15. The van der Waals surface area contributed by atoms with Gasteiger partial charge in [0.15, 0.2) is 0 Å². The second-order valence-electron chi connectivity index (χ2n) is 4.01. The highest BCUT2D eigenvalue weighted by Crippen LogP contribution is 2.39. The van der Waals surface area contributed by atoms with Gasteiger partial charge in [-0.3, -0.25) is 0 Å². The van der Waals surface area contributed by atoms with Crippen molar-refractivity contribution in [3.63, 3.8) is 0 Å². The molecule has 0 aromatic heterocycles. The summed E-state index contributed by atoms with van der Waals surface area (Å²) in [4.78, 5) is -0.821. The Labute approximate surface area is 131 Å². The number of alkyl halides is 1. The smallest absolute Gasteiger partial charge is 0.137 e. The van der Waals surface area contributed by atoms with E-state index in [0.29, 0.717) is 5.56 Å². The number of hydrogen-bond donors (Lipinski definition) is 0. The van der Waals surface area contributed by atoms with Crippen LogP contribution in [0.5, 0.6) is 5.75 Å². The van der Waals surface area contributed by atoms with E-state index in [0.717, 1.165) is 12.1 Å². The summed E-state index contributed by atoms with van der Waals surface area (Å²) in [5.41, 5.74) is 0.199. The van der Waals surface area contributed by atoms with Crippen LogP contribution >= 0.6 is 31.9 Å². The van der Waals surface area contributed by atoms with Gasteiger partial charge in [-0.2, -0.15) is 0 Å². The summed E-state index contributed by atoms with van der Waals surface area (Å²) in [5, 5.41) is 0. The van der Waals surface area contributed by atoms with Crippen LogP contribution in [0.4, 0.5) is 13.2 Å². The zero-order valence-corrected chi connectivity index (χ0v) is 13.4. The maximum Gasteiger partial charge on any atom is 0.137 e. The van der Waals surface area contributed by atoms with Crippen LogP contribution in [-0.2, 0) is 0 Å². The maximum atomic E-state index is 14.0. The molecule has 0 spiro atoms. The molecule has 0 aliphatic carbocycles. The SMILES string of the molecule is COc1cc(F)c(C(Br)c2cccc(F)c2Br)c(F)c1. The lowest BCUT2D eigenvalue weighted by Crippen LogP contribution is -2.03. The third kappa shape index (κ3) is 2.86. The fourth-order valence-electron chi connectivity index (χ4n) is 1.79. The van der Waals surface area contributed by atoms with Crippen LogP contribution in [0, 0.1) is 17.5 Å². The predicted molar refractivity (Wildman–Crippen MR) is 77.8 cm³/mol. The molecule has 6 heteroatoms. The molecule has 0 saturated heterocycles. The molecular formula is C14H9Br2F3O. The molecule has 0 bridgehead atoms. The molecule has 2 aromatic rings. The highest BCUT2D eigenvalue weighted by atomic mass is 79.9. The van der Waals surface area contributed by atoms with Gasteiger partial charge in [0.25, 0.3) is 0 Å². The summed E-state index contributed by atoms with van der Waals surface area (Å²) in [7, 11) is 1.32. The van der Waals surface area contributed by atoms with Crippen molar-refractivity contribution in [2.75, 3.05) is 7.11 Å². The van der Waals surface area contributed by atoms with Crippen LogP contribution in [0.25, 0.3) is 0 Å². The number of ether oxygens (including phenoxy) is 1. The van der Waals surface area contributed by atoms with Crippen LogP contribution < -0.4 is 4.74 Å². The van der Waals surface area contributed by atoms with Crippen molar-refractivity contribution < 1.29 is 17.9 Å². The lowest BCUT2D eigenvalue weighted by molar-refractivity contribution is 0.405. The Kier molecular flexibility index (Phi) is 4.75. The number of hydrogen-bond acceptors (Lipinski definition) is 1. The van der Waals surface area contributed by atoms with Crippen LogP contribution in [0.3, 0.4) is 0 Å². The van der Waals surface area contributed by atoms with Gasteiger partial charge in [-0.1, -0.05) is 28.1 Å². The zero-order valence-electron chi connectivity index (χ0n) is 10.3. The first-order valence-electron chi connectivity index (χ1n) is 5.56. The topological polar surface area (TPSA) is 9.23 Å². The molecule has 0 aliphatic rings. The summed E-state index contributed by atoms with van der Waals surface area (Å²) in [6.45, 7) is 0. The largest absolute Gasteiger partial charge is 0.497 e. The maximum absolute atomic E-state index is 14.0.